The van der Waals surface area contributed by atoms with E-state index in [1.807, 2.05) is 0 Å². The van der Waals surface area contributed by atoms with Gasteiger partial charge in [-0.2, -0.15) is 0 Å². The highest BCUT2D eigenvalue weighted by molar-refractivity contribution is 5.87. The lowest BCUT2D eigenvalue weighted by Gasteiger charge is -2.32. The molecular weight excluding hydrogens is 304 g/mol. The van der Waals surface area contributed by atoms with Crippen LogP contribution < -0.4 is 0 Å². The van der Waals surface area contributed by atoms with Crippen molar-refractivity contribution in [3.05, 3.63) is 70.9 Å². The number of benzene rings is 2. The second-order valence-electron chi connectivity index (χ2n) is 7.88. The molecule has 0 saturated carbocycles. The van der Waals surface area contributed by atoms with Crippen LogP contribution in [-0.4, -0.2) is 22.6 Å². The summed E-state index contributed by atoms with van der Waals surface area (Å²) in [7, 11) is 2.33. The molecule has 5 rings (SSSR count). The van der Waals surface area contributed by atoms with Crippen molar-refractivity contribution in [2.75, 3.05) is 7.05 Å². The van der Waals surface area contributed by atoms with E-state index in [0.29, 0.717) is 6.04 Å². The van der Waals surface area contributed by atoms with Gasteiger partial charge in [0, 0.05) is 41.6 Å². The van der Waals surface area contributed by atoms with Crippen LogP contribution in [0.25, 0.3) is 10.9 Å². The van der Waals surface area contributed by atoms with Gasteiger partial charge in [-0.15, -0.1) is 0 Å². The van der Waals surface area contributed by atoms with Crippen LogP contribution >= 0.6 is 0 Å². The van der Waals surface area contributed by atoms with Crippen molar-refractivity contribution in [2.45, 2.75) is 51.2 Å². The maximum Gasteiger partial charge on any atom is 0.0486 e. The zero-order chi connectivity index (χ0) is 17.0. The summed E-state index contributed by atoms with van der Waals surface area (Å²) < 4.78 is 2.63. The third-order valence-corrected chi connectivity index (χ3v) is 6.44. The predicted molar refractivity (Wildman–Crippen MR) is 104 cm³/mol. The normalized spacial score (nSPS) is 22.5. The van der Waals surface area contributed by atoms with E-state index in [9.17, 15) is 0 Å². The molecule has 2 aliphatic heterocycles. The molecule has 128 valence electrons. The molecule has 25 heavy (non-hydrogen) atoms. The van der Waals surface area contributed by atoms with Crippen LogP contribution in [0.3, 0.4) is 0 Å². The van der Waals surface area contributed by atoms with E-state index in [4.69, 9.17) is 0 Å². The maximum absolute atomic E-state index is 2.63. The van der Waals surface area contributed by atoms with Crippen molar-refractivity contribution in [1.82, 2.24) is 9.47 Å². The van der Waals surface area contributed by atoms with Crippen molar-refractivity contribution in [2.24, 2.45) is 0 Å². The van der Waals surface area contributed by atoms with Gasteiger partial charge in [-0.05, 0) is 56.5 Å². The summed E-state index contributed by atoms with van der Waals surface area (Å²) in [5, 5.41) is 1.50. The lowest BCUT2D eigenvalue weighted by molar-refractivity contribution is 0.222. The standard InChI is InChI=1S/C23H26N2/c1-16-8-10-20-19(14-16)23-21-11-9-18(24(21)2)15-22(23)25(20)13-12-17-6-4-3-5-7-17/h3-8,10,14,18,21H,9,11-13,15H2,1-2H3. The van der Waals surface area contributed by atoms with Gasteiger partial charge in [0.15, 0.2) is 0 Å². The van der Waals surface area contributed by atoms with Crippen molar-refractivity contribution < 1.29 is 0 Å². The molecule has 2 unspecified atom stereocenters. The second-order valence-corrected chi connectivity index (χ2v) is 7.88. The number of likely N-dealkylation sites (N-methyl/N-ethyl adjacent to an activating group) is 1. The Labute approximate surface area is 150 Å². The van der Waals surface area contributed by atoms with Gasteiger partial charge >= 0.3 is 0 Å². The summed E-state index contributed by atoms with van der Waals surface area (Å²) in [6, 6.07) is 19.3. The molecule has 1 saturated heterocycles. The van der Waals surface area contributed by atoms with Crippen LogP contribution in [0.1, 0.15) is 41.3 Å². The zero-order valence-electron chi connectivity index (χ0n) is 15.2. The van der Waals surface area contributed by atoms with Crippen LogP contribution in [0.5, 0.6) is 0 Å². The highest BCUT2D eigenvalue weighted by atomic mass is 15.2. The van der Waals surface area contributed by atoms with Crippen LogP contribution in [-0.2, 0) is 19.4 Å². The van der Waals surface area contributed by atoms with E-state index in [2.05, 4.69) is 72.0 Å². The highest BCUT2D eigenvalue weighted by Gasteiger charge is 2.40. The van der Waals surface area contributed by atoms with E-state index >= 15 is 0 Å². The third kappa shape index (κ3) is 2.35. The number of aromatic nitrogens is 1. The average molecular weight is 330 g/mol. The molecule has 2 aromatic carbocycles. The summed E-state index contributed by atoms with van der Waals surface area (Å²) in [5.41, 5.74) is 7.48. The minimum atomic E-state index is 0.621. The summed E-state index contributed by atoms with van der Waals surface area (Å²) in [4.78, 5) is 2.63. The van der Waals surface area contributed by atoms with E-state index in [1.165, 1.54) is 41.3 Å². The number of nitrogens with zero attached hydrogens (tertiary/aromatic N) is 2. The number of hydrogen-bond acceptors (Lipinski definition) is 1. The first-order chi connectivity index (χ1) is 12.2. The minimum absolute atomic E-state index is 0.621. The van der Waals surface area contributed by atoms with Crippen LogP contribution in [0, 0.1) is 6.92 Å². The smallest absolute Gasteiger partial charge is 0.0486 e. The Morgan fingerprint density at radius 1 is 1.04 bits per heavy atom. The topological polar surface area (TPSA) is 8.17 Å². The Morgan fingerprint density at radius 2 is 1.88 bits per heavy atom. The maximum atomic E-state index is 2.63. The predicted octanol–water partition coefficient (Wildman–Crippen LogP) is 4.88. The fourth-order valence-corrected chi connectivity index (χ4v) is 5.11. The molecule has 0 N–H and O–H groups in total. The van der Waals surface area contributed by atoms with Gasteiger partial charge in [-0.25, -0.2) is 0 Å². The molecule has 2 heteroatoms. The molecule has 3 heterocycles. The lowest BCUT2D eigenvalue weighted by atomic mass is 9.97. The summed E-state index contributed by atoms with van der Waals surface area (Å²) in [6.07, 6.45) is 4.99. The molecule has 2 atom stereocenters. The first-order valence-electron chi connectivity index (χ1n) is 9.60. The molecule has 1 aromatic heterocycles. The third-order valence-electron chi connectivity index (χ3n) is 6.44. The highest BCUT2D eigenvalue weighted by Crippen LogP contribution is 2.46. The van der Waals surface area contributed by atoms with Gasteiger partial charge in [0.25, 0.3) is 0 Å². The van der Waals surface area contributed by atoms with Crippen LogP contribution in [0.15, 0.2) is 48.5 Å². The van der Waals surface area contributed by atoms with E-state index in [0.717, 1.165) is 19.0 Å². The molecule has 0 radical (unpaired) electrons. The summed E-state index contributed by atoms with van der Waals surface area (Å²) >= 11 is 0. The Hall–Kier alpha value is -2.06. The lowest BCUT2D eigenvalue weighted by Crippen LogP contribution is -2.34. The molecule has 0 spiro atoms. The quantitative estimate of drug-likeness (QED) is 0.664. The summed E-state index contributed by atoms with van der Waals surface area (Å²) in [5.74, 6) is 0. The van der Waals surface area contributed by atoms with Crippen molar-refractivity contribution >= 4 is 10.9 Å². The van der Waals surface area contributed by atoms with Gasteiger partial charge in [0.1, 0.15) is 0 Å². The SMILES string of the molecule is Cc1ccc2c(c1)c1c(n2CCc2ccccc2)CC2CCC1N2C. The largest absolute Gasteiger partial charge is 0.344 e. The van der Waals surface area contributed by atoms with Gasteiger partial charge in [0.2, 0.25) is 0 Å². The average Bonchev–Trinajstić information content (AvgIpc) is 3.04. The van der Waals surface area contributed by atoms with Crippen molar-refractivity contribution in [1.29, 1.82) is 0 Å². The second kappa shape index (κ2) is 5.74. The molecule has 0 aliphatic carbocycles. The van der Waals surface area contributed by atoms with Crippen LogP contribution in [0.4, 0.5) is 0 Å². The summed E-state index contributed by atoms with van der Waals surface area (Å²) in [6.45, 7) is 3.30. The van der Waals surface area contributed by atoms with Gasteiger partial charge in [-0.3, -0.25) is 4.90 Å². The number of aryl methyl sites for hydroxylation is 3. The molecular formula is C23H26N2. The van der Waals surface area contributed by atoms with Crippen molar-refractivity contribution in [3.8, 4) is 0 Å². The number of fused-ring (bicyclic) bond motifs is 6. The molecule has 2 aliphatic rings. The fourth-order valence-electron chi connectivity index (χ4n) is 5.11. The molecule has 1 fully saturated rings. The Morgan fingerprint density at radius 3 is 2.72 bits per heavy atom. The Kier molecular flexibility index (Phi) is 3.49. The van der Waals surface area contributed by atoms with Gasteiger partial charge in [-0.1, -0.05) is 42.0 Å². The molecule has 2 bridgehead atoms. The number of hydrogen-bond donors (Lipinski definition) is 0. The molecule has 2 nitrogen and oxygen atoms in total. The first kappa shape index (κ1) is 15.2. The fraction of sp³-hybridized carbons (Fsp3) is 0.391. The number of rotatable bonds is 3. The monoisotopic (exact) mass is 330 g/mol. The van der Waals surface area contributed by atoms with Gasteiger partial charge < -0.3 is 4.57 Å². The van der Waals surface area contributed by atoms with Gasteiger partial charge in [0.05, 0.1) is 0 Å². The molecule has 3 aromatic rings. The Balaban J connectivity index is 1.62. The minimum Gasteiger partial charge on any atom is -0.344 e. The Bertz CT molecular complexity index is 922. The zero-order valence-corrected chi connectivity index (χ0v) is 15.2. The first-order valence-corrected chi connectivity index (χ1v) is 9.60. The van der Waals surface area contributed by atoms with Crippen LogP contribution in [0.2, 0.25) is 0 Å². The van der Waals surface area contributed by atoms with Crippen molar-refractivity contribution in [3.63, 3.8) is 0 Å². The van der Waals surface area contributed by atoms with E-state index in [1.54, 1.807) is 11.3 Å². The van der Waals surface area contributed by atoms with E-state index < -0.39 is 0 Å². The molecule has 0 amide bonds. The van der Waals surface area contributed by atoms with E-state index in [-0.39, 0.29) is 0 Å².